The van der Waals surface area contributed by atoms with Crippen LogP contribution in [0.2, 0.25) is 0 Å². The molecule has 106 valence electrons. The minimum atomic E-state index is -0.160. The van der Waals surface area contributed by atoms with Crippen molar-refractivity contribution in [3.05, 3.63) is 29.8 Å². The fourth-order valence-corrected chi connectivity index (χ4v) is 2.32. The van der Waals surface area contributed by atoms with Gasteiger partial charge in [-0.05, 0) is 31.9 Å². The Morgan fingerprint density at radius 1 is 1.35 bits per heavy atom. The van der Waals surface area contributed by atoms with Crippen LogP contribution in [0.15, 0.2) is 24.3 Å². The molecule has 1 aromatic carbocycles. The molecule has 0 unspecified atom stereocenters. The number of piperidine rings is 1. The van der Waals surface area contributed by atoms with Crippen LogP contribution in [-0.4, -0.2) is 36.6 Å². The maximum atomic E-state index is 11.9. The highest BCUT2D eigenvalue weighted by Crippen LogP contribution is 2.11. The van der Waals surface area contributed by atoms with E-state index >= 15 is 0 Å². The summed E-state index contributed by atoms with van der Waals surface area (Å²) < 4.78 is 0. The van der Waals surface area contributed by atoms with Crippen molar-refractivity contribution in [2.45, 2.75) is 25.8 Å². The van der Waals surface area contributed by atoms with Gasteiger partial charge in [0.2, 0.25) is 0 Å². The van der Waals surface area contributed by atoms with Crippen LogP contribution < -0.4 is 10.6 Å². The number of anilines is 1. The molecule has 0 aromatic heterocycles. The molecule has 0 aliphatic carbocycles. The number of nitrogens with one attached hydrogen (secondary N) is 2. The zero-order chi connectivity index (χ0) is 14.4. The van der Waals surface area contributed by atoms with E-state index in [4.69, 9.17) is 5.26 Å². The van der Waals surface area contributed by atoms with Gasteiger partial charge >= 0.3 is 6.03 Å². The Labute approximate surface area is 119 Å². The van der Waals surface area contributed by atoms with E-state index in [0.717, 1.165) is 31.6 Å². The molecule has 1 fully saturated rings. The Morgan fingerprint density at radius 3 is 2.60 bits per heavy atom. The molecule has 0 bridgehead atoms. The Balaban J connectivity index is 1.75. The largest absolute Gasteiger partial charge is 0.335 e. The van der Waals surface area contributed by atoms with Crippen LogP contribution >= 0.6 is 0 Å². The Bertz CT molecular complexity index is 484. The third-order valence-corrected chi connectivity index (χ3v) is 3.53. The van der Waals surface area contributed by atoms with Gasteiger partial charge in [0.1, 0.15) is 0 Å². The Morgan fingerprint density at radius 2 is 2.00 bits per heavy atom. The van der Waals surface area contributed by atoms with Crippen molar-refractivity contribution in [3.8, 4) is 6.07 Å². The van der Waals surface area contributed by atoms with Gasteiger partial charge in [0, 0.05) is 24.8 Å². The first kappa shape index (κ1) is 14.4. The smallest absolute Gasteiger partial charge is 0.319 e. The lowest BCUT2D eigenvalue weighted by Gasteiger charge is -2.30. The molecule has 2 rings (SSSR count). The van der Waals surface area contributed by atoms with Crippen LogP contribution in [0.3, 0.4) is 0 Å². The van der Waals surface area contributed by atoms with Gasteiger partial charge in [-0.25, -0.2) is 4.79 Å². The average Bonchev–Trinajstić information content (AvgIpc) is 2.44. The van der Waals surface area contributed by atoms with E-state index in [1.165, 1.54) is 5.56 Å². The monoisotopic (exact) mass is 272 g/mol. The summed E-state index contributed by atoms with van der Waals surface area (Å²) in [5, 5.41) is 14.5. The highest BCUT2D eigenvalue weighted by atomic mass is 16.2. The number of rotatable bonds is 3. The summed E-state index contributed by atoms with van der Waals surface area (Å²) in [5.41, 5.74) is 1.97. The number of nitriles is 1. The van der Waals surface area contributed by atoms with Gasteiger partial charge in [0.25, 0.3) is 0 Å². The van der Waals surface area contributed by atoms with Gasteiger partial charge in [-0.3, -0.25) is 4.90 Å². The Kier molecular flexibility index (Phi) is 4.97. The number of carbonyl (C=O) groups excluding carboxylic acids is 1. The van der Waals surface area contributed by atoms with Gasteiger partial charge in [-0.15, -0.1) is 0 Å². The molecule has 1 aliphatic rings. The van der Waals surface area contributed by atoms with Crippen molar-refractivity contribution in [3.63, 3.8) is 0 Å². The predicted molar refractivity (Wildman–Crippen MR) is 78.4 cm³/mol. The van der Waals surface area contributed by atoms with Crippen LogP contribution in [-0.2, 0) is 0 Å². The molecule has 1 aromatic rings. The summed E-state index contributed by atoms with van der Waals surface area (Å²) in [6.07, 6.45) is 1.78. The number of benzene rings is 1. The van der Waals surface area contributed by atoms with Crippen molar-refractivity contribution in [1.82, 2.24) is 10.2 Å². The number of amides is 2. The molecule has 0 saturated carbocycles. The van der Waals surface area contributed by atoms with Crippen LogP contribution in [0.25, 0.3) is 0 Å². The van der Waals surface area contributed by atoms with Crippen molar-refractivity contribution in [2.24, 2.45) is 0 Å². The predicted octanol–water partition coefficient (Wildman–Crippen LogP) is 2.10. The van der Waals surface area contributed by atoms with Crippen molar-refractivity contribution in [2.75, 3.05) is 25.0 Å². The van der Waals surface area contributed by atoms with E-state index in [-0.39, 0.29) is 12.1 Å². The number of aryl methyl sites for hydroxylation is 1. The minimum Gasteiger partial charge on any atom is -0.335 e. The molecule has 1 saturated heterocycles. The SMILES string of the molecule is Cc1ccc(NC(=O)NC2CCN(CC#N)CC2)cc1. The molecule has 5 heteroatoms. The van der Waals surface area contributed by atoms with E-state index in [0.29, 0.717) is 6.54 Å². The van der Waals surface area contributed by atoms with Crippen molar-refractivity contribution in [1.29, 1.82) is 5.26 Å². The van der Waals surface area contributed by atoms with E-state index < -0.39 is 0 Å². The zero-order valence-electron chi connectivity index (χ0n) is 11.7. The average molecular weight is 272 g/mol. The summed E-state index contributed by atoms with van der Waals surface area (Å²) in [4.78, 5) is 14.0. The number of nitrogens with zero attached hydrogens (tertiary/aromatic N) is 2. The van der Waals surface area contributed by atoms with Crippen LogP contribution in [0.5, 0.6) is 0 Å². The molecule has 0 radical (unpaired) electrons. The molecule has 2 amide bonds. The molecule has 20 heavy (non-hydrogen) atoms. The molecule has 1 heterocycles. The number of likely N-dealkylation sites (tertiary alicyclic amines) is 1. The normalized spacial score (nSPS) is 16.4. The minimum absolute atomic E-state index is 0.160. The standard InChI is InChI=1S/C15H20N4O/c1-12-2-4-13(5-3-12)17-15(20)18-14-6-9-19(10-7-14)11-8-16/h2-5,14H,6-7,9-11H2,1H3,(H2,17,18,20). The lowest BCUT2D eigenvalue weighted by Crippen LogP contribution is -2.46. The fourth-order valence-electron chi connectivity index (χ4n) is 2.32. The molecule has 0 spiro atoms. The molecule has 5 nitrogen and oxygen atoms in total. The van der Waals surface area contributed by atoms with Crippen molar-refractivity contribution >= 4 is 11.7 Å². The van der Waals surface area contributed by atoms with Gasteiger partial charge < -0.3 is 10.6 Å². The van der Waals surface area contributed by atoms with Crippen LogP contribution in [0.1, 0.15) is 18.4 Å². The topological polar surface area (TPSA) is 68.2 Å². The summed E-state index contributed by atoms with van der Waals surface area (Å²) >= 11 is 0. The summed E-state index contributed by atoms with van der Waals surface area (Å²) in [7, 11) is 0. The van der Waals surface area contributed by atoms with Gasteiger partial charge in [-0.2, -0.15) is 5.26 Å². The molecular formula is C15H20N4O. The lowest BCUT2D eigenvalue weighted by atomic mass is 10.1. The summed E-state index contributed by atoms with van der Waals surface area (Å²) in [6, 6.07) is 9.91. The third-order valence-electron chi connectivity index (χ3n) is 3.53. The number of hydrogen-bond acceptors (Lipinski definition) is 3. The van der Waals surface area contributed by atoms with Gasteiger partial charge in [0.05, 0.1) is 12.6 Å². The molecular weight excluding hydrogens is 252 g/mol. The number of urea groups is 1. The summed E-state index contributed by atoms with van der Waals surface area (Å²) in [6.45, 7) is 4.22. The third kappa shape index (κ3) is 4.25. The zero-order valence-corrected chi connectivity index (χ0v) is 11.7. The number of hydrogen-bond donors (Lipinski definition) is 2. The van der Waals surface area contributed by atoms with Crippen LogP contribution in [0.4, 0.5) is 10.5 Å². The van der Waals surface area contributed by atoms with E-state index in [2.05, 4.69) is 21.6 Å². The van der Waals surface area contributed by atoms with Crippen molar-refractivity contribution < 1.29 is 4.79 Å². The van der Waals surface area contributed by atoms with Gasteiger partial charge in [0.15, 0.2) is 0 Å². The quantitative estimate of drug-likeness (QED) is 0.828. The van der Waals surface area contributed by atoms with E-state index in [1.54, 1.807) is 0 Å². The van der Waals surface area contributed by atoms with E-state index in [9.17, 15) is 4.79 Å². The molecule has 0 atom stereocenters. The second-order valence-corrected chi connectivity index (χ2v) is 5.17. The first-order valence-electron chi connectivity index (χ1n) is 6.91. The fraction of sp³-hybridized carbons (Fsp3) is 0.467. The maximum absolute atomic E-state index is 11.9. The molecule has 1 aliphatic heterocycles. The Hall–Kier alpha value is -2.06. The van der Waals surface area contributed by atoms with E-state index in [1.807, 2.05) is 31.2 Å². The number of carbonyl (C=O) groups is 1. The summed E-state index contributed by atoms with van der Waals surface area (Å²) in [5.74, 6) is 0. The van der Waals surface area contributed by atoms with Crippen LogP contribution in [0, 0.1) is 18.3 Å². The highest BCUT2D eigenvalue weighted by Gasteiger charge is 2.20. The molecule has 2 N–H and O–H groups in total. The maximum Gasteiger partial charge on any atom is 0.319 e. The van der Waals surface area contributed by atoms with Gasteiger partial charge in [-0.1, -0.05) is 17.7 Å². The second kappa shape index (κ2) is 6.92. The first-order chi connectivity index (χ1) is 9.67. The second-order valence-electron chi connectivity index (χ2n) is 5.17. The highest BCUT2D eigenvalue weighted by molar-refractivity contribution is 5.89. The first-order valence-corrected chi connectivity index (χ1v) is 6.91. The lowest BCUT2D eigenvalue weighted by molar-refractivity contribution is 0.211.